The summed E-state index contributed by atoms with van der Waals surface area (Å²) in [6.07, 6.45) is 3.79. The van der Waals surface area contributed by atoms with E-state index in [9.17, 15) is 0 Å². The predicted octanol–water partition coefficient (Wildman–Crippen LogP) is 3.89. The zero-order valence-corrected chi connectivity index (χ0v) is 14.3. The van der Waals surface area contributed by atoms with Crippen LogP contribution in [0, 0.1) is 0 Å². The van der Waals surface area contributed by atoms with Crippen LogP contribution in [0.2, 0.25) is 0 Å². The van der Waals surface area contributed by atoms with Crippen molar-refractivity contribution in [3.63, 3.8) is 0 Å². The number of nitrogens with zero attached hydrogens (tertiary/aromatic N) is 3. The first-order chi connectivity index (χ1) is 10.9. The van der Waals surface area contributed by atoms with Gasteiger partial charge in [0.05, 0.1) is 11.7 Å². The molecule has 3 aromatic rings. The first kappa shape index (κ1) is 15.7. The molecule has 0 atom stereocenters. The fraction of sp³-hybridized carbons (Fsp3) is 0.368. The maximum Gasteiger partial charge on any atom is 0.0705 e. The van der Waals surface area contributed by atoms with Gasteiger partial charge in [-0.1, -0.05) is 39.0 Å². The van der Waals surface area contributed by atoms with Gasteiger partial charge in [0.15, 0.2) is 0 Å². The summed E-state index contributed by atoms with van der Waals surface area (Å²) in [5.41, 5.74) is 4.91. The van der Waals surface area contributed by atoms with Gasteiger partial charge < -0.3 is 0 Å². The highest BCUT2D eigenvalue weighted by Gasteiger charge is 2.20. The van der Waals surface area contributed by atoms with Crippen molar-refractivity contribution in [3.8, 4) is 0 Å². The third-order valence-electron chi connectivity index (χ3n) is 4.08. The molecule has 0 aliphatic carbocycles. The highest BCUT2D eigenvalue weighted by molar-refractivity contribution is 5.81. The van der Waals surface area contributed by atoms with E-state index in [1.165, 1.54) is 22.2 Å². The topological polar surface area (TPSA) is 44.8 Å². The van der Waals surface area contributed by atoms with E-state index in [-0.39, 0.29) is 5.41 Å². The zero-order valence-electron chi connectivity index (χ0n) is 14.3. The molecule has 0 unspecified atom stereocenters. The monoisotopic (exact) mass is 308 g/mol. The van der Waals surface area contributed by atoms with Crippen molar-refractivity contribution in [1.29, 1.82) is 0 Å². The van der Waals surface area contributed by atoms with E-state index in [0.717, 1.165) is 18.6 Å². The summed E-state index contributed by atoms with van der Waals surface area (Å²) in [5, 5.41) is 8.62. The van der Waals surface area contributed by atoms with Crippen molar-refractivity contribution in [2.45, 2.75) is 39.3 Å². The Morgan fingerprint density at radius 1 is 1.04 bits per heavy atom. The van der Waals surface area contributed by atoms with Crippen molar-refractivity contribution in [1.82, 2.24) is 20.1 Å². The molecule has 0 saturated carbocycles. The largest absolute Gasteiger partial charge is 0.298 e. The molecular weight excluding hydrogens is 284 g/mol. The fourth-order valence-corrected chi connectivity index (χ4v) is 3.02. The lowest BCUT2D eigenvalue weighted by Crippen LogP contribution is -2.21. The number of H-pyrrole nitrogens is 1. The molecule has 4 nitrogen and oxygen atoms in total. The highest BCUT2D eigenvalue weighted by atomic mass is 15.1. The van der Waals surface area contributed by atoms with E-state index in [0.29, 0.717) is 0 Å². The number of aromatic amines is 1. The van der Waals surface area contributed by atoms with Crippen molar-refractivity contribution < 1.29 is 0 Å². The Labute approximate surface area is 137 Å². The Morgan fingerprint density at radius 3 is 2.61 bits per heavy atom. The van der Waals surface area contributed by atoms with Crippen molar-refractivity contribution in [2.24, 2.45) is 0 Å². The van der Waals surface area contributed by atoms with E-state index in [1.807, 2.05) is 18.5 Å². The Hall–Kier alpha value is -2.20. The van der Waals surface area contributed by atoms with Crippen molar-refractivity contribution in [2.75, 3.05) is 7.05 Å². The van der Waals surface area contributed by atoms with Crippen LogP contribution in [0.4, 0.5) is 0 Å². The molecule has 0 aliphatic rings. The quantitative estimate of drug-likeness (QED) is 0.795. The van der Waals surface area contributed by atoms with E-state index < -0.39 is 0 Å². The summed E-state index contributed by atoms with van der Waals surface area (Å²) in [7, 11) is 2.15. The number of hydrogen-bond acceptors (Lipinski definition) is 3. The summed E-state index contributed by atoms with van der Waals surface area (Å²) >= 11 is 0. The summed E-state index contributed by atoms with van der Waals surface area (Å²) < 4.78 is 0. The van der Waals surface area contributed by atoms with Crippen LogP contribution in [0.25, 0.3) is 10.9 Å². The molecule has 3 rings (SSSR count). The van der Waals surface area contributed by atoms with Gasteiger partial charge in [0.1, 0.15) is 0 Å². The first-order valence-electron chi connectivity index (χ1n) is 7.99. The molecule has 4 heteroatoms. The normalized spacial score (nSPS) is 12.2. The third kappa shape index (κ3) is 3.42. The highest BCUT2D eigenvalue weighted by Crippen LogP contribution is 2.25. The summed E-state index contributed by atoms with van der Waals surface area (Å²) in [6, 6.07) is 10.5. The lowest BCUT2D eigenvalue weighted by Gasteiger charge is -2.22. The van der Waals surface area contributed by atoms with Crippen molar-refractivity contribution >= 4 is 10.9 Å². The zero-order chi connectivity index (χ0) is 16.4. The Kier molecular flexibility index (Phi) is 4.18. The molecule has 2 aromatic heterocycles. The van der Waals surface area contributed by atoms with Crippen molar-refractivity contribution in [3.05, 3.63) is 59.5 Å². The number of rotatable bonds is 4. The summed E-state index contributed by atoms with van der Waals surface area (Å²) in [5.74, 6) is 0. The molecule has 23 heavy (non-hydrogen) atoms. The molecule has 0 saturated heterocycles. The minimum atomic E-state index is 0.0794. The number of fused-ring (bicyclic) bond motifs is 1. The number of nitrogens with one attached hydrogen (secondary N) is 1. The fourth-order valence-electron chi connectivity index (χ4n) is 3.02. The lowest BCUT2D eigenvalue weighted by atomic mass is 9.89. The van der Waals surface area contributed by atoms with E-state index in [2.05, 4.69) is 72.2 Å². The molecule has 2 heterocycles. The smallest absolute Gasteiger partial charge is 0.0705 e. The van der Waals surface area contributed by atoms with Gasteiger partial charge >= 0.3 is 0 Å². The van der Waals surface area contributed by atoms with Crippen LogP contribution in [0.1, 0.15) is 37.6 Å². The van der Waals surface area contributed by atoms with Crippen LogP contribution >= 0.6 is 0 Å². The molecule has 1 aromatic carbocycles. The van der Waals surface area contributed by atoms with E-state index in [1.54, 1.807) is 0 Å². The third-order valence-corrected chi connectivity index (χ3v) is 4.08. The number of pyridine rings is 1. The van der Waals surface area contributed by atoms with Crippen LogP contribution in [0.5, 0.6) is 0 Å². The molecule has 120 valence electrons. The summed E-state index contributed by atoms with van der Waals surface area (Å²) in [6.45, 7) is 8.39. The molecule has 0 aliphatic heterocycles. The SMILES string of the molecule is CN(Cc1cn[nH]c1C(C)(C)C)Cc1cccc2ncccc12. The number of hydrogen-bond donors (Lipinski definition) is 1. The minimum absolute atomic E-state index is 0.0794. The second-order valence-corrected chi connectivity index (χ2v) is 7.18. The minimum Gasteiger partial charge on any atom is -0.298 e. The lowest BCUT2D eigenvalue weighted by molar-refractivity contribution is 0.317. The molecule has 1 N–H and O–H groups in total. The molecular formula is C19H24N4. The second-order valence-electron chi connectivity index (χ2n) is 7.18. The Bertz CT molecular complexity index is 793. The van der Waals surface area contributed by atoms with Gasteiger partial charge in [-0.3, -0.25) is 15.0 Å². The molecule has 0 radical (unpaired) electrons. The van der Waals surface area contributed by atoms with Crippen LogP contribution in [-0.4, -0.2) is 27.1 Å². The molecule has 0 amide bonds. The standard InChI is InChI=1S/C19H24N4/c1-19(2,3)18-15(11-21-22-18)13-23(4)12-14-7-5-9-17-16(14)8-6-10-20-17/h5-11H,12-13H2,1-4H3,(H,21,22). The Balaban J connectivity index is 1.80. The average Bonchev–Trinajstić information content (AvgIpc) is 2.96. The van der Waals surface area contributed by atoms with Crippen LogP contribution < -0.4 is 0 Å². The average molecular weight is 308 g/mol. The van der Waals surface area contributed by atoms with Gasteiger partial charge in [0.2, 0.25) is 0 Å². The van der Waals surface area contributed by atoms with Gasteiger partial charge in [-0.15, -0.1) is 0 Å². The van der Waals surface area contributed by atoms with Gasteiger partial charge in [0, 0.05) is 41.3 Å². The van der Waals surface area contributed by atoms with Gasteiger partial charge in [-0.2, -0.15) is 5.10 Å². The predicted molar refractivity (Wildman–Crippen MR) is 94.2 cm³/mol. The van der Waals surface area contributed by atoms with Crippen LogP contribution in [0.3, 0.4) is 0 Å². The van der Waals surface area contributed by atoms with Crippen LogP contribution in [-0.2, 0) is 18.5 Å². The maximum atomic E-state index is 4.44. The molecule has 0 spiro atoms. The maximum absolute atomic E-state index is 4.44. The van der Waals surface area contributed by atoms with E-state index in [4.69, 9.17) is 0 Å². The van der Waals surface area contributed by atoms with Gasteiger partial charge in [0.25, 0.3) is 0 Å². The van der Waals surface area contributed by atoms with Gasteiger partial charge in [-0.05, 0) is 24.7 Å². The number of aromatic nitrogens is 3. The first-order valence-corrected chi connectivity index (χ1v) is 7.99. The van der Waals surface area contributed by atoms with Gasteiger partial charge in [-0.25, -0.2) is 0 Å². The Morgan fingerprint density at radius 2 is 1.83 bits per heavy atom. The van der Waals surface area contributed by atoms with E-state index >= 15 is 0 Å². The molecule has 0 bridgehead atoms. The molecule has 0 fully saturated rings. The second kappa shape index (κ2) is 6.13. The number of benzene rings is 1. The summed E-state index contributed by atoms with van der Waals surface area (Å²) in [4.78, 5) is 6.76. The van der Waals surface area contributed by atoms with Crippen LogP contribution in [0.15, 0.2) is 42.7 Å².